The van der Waals surface area contributed by atoms with Crippen molar-refractivity contribution in [3.63, 3.8) is 0 Å². The van der Waals surface area contributed by atoms with Crippen LogP contribution in [-0.2, 0) is 11.2 Å². The van der Waals surface area contributed by atoms with Crippen LogP contribution < -0.4 is 14.2 Å². The van der Waals surface area contributed by atoms with Crippen LogP contribution in [0.15, 0.2) is 12.1 Å². The van der Waals surface area contributed by atoms with Crippen LogP contribution in [0.2, 0.25) is 0 Å². The lowest BCUT2D eigenvalue weighted by molar-refractivity contribution is -0.132. The van der Waals surface area contributed by atoms with Crippen LogP contribution in [0.25, 0.3) is 0 Å². The van der Waals surface area contributed by atoms with Gasteiger partial charge in [-0.3, -0.25) is 9.69 Å². The summed E-state index contributed by atoms with van der Waals surface area (Å²) >= 11 is 0. The number of ether oxygens (including phenoxy) is 3. The molecule has 0 radical (unpaired) electrons. The van der Waals surface area contributed by atoms with Crippen molar-refractivity contribution in [2.75, 3.05) is 54.1 Å². The van der Waals surface area contributed by atoms with Crippen LogP contribution in [0, 0.1) is 5.41 Å². The summed E-state index contributed by atoms with van der Waals surface area (Å²) in [7, 11) is 4.74. The number of hydrogen-bond acceptors (Lipinski definition) is 5. The molecule has 1 heterocycles. The smallest absolute Gasteiger partial charge is 0.227 e. The minimum atomic E-state index is 0.139. The van der Waals surface area contributed by atoms with Crippen molar-refractivity contribution < 1.29 is 19.0 Å². The summed E-state index contributed by atoms with van der Waals surface area (Å²) in [5.74, 6) is 1.83. The molecule has 0 N–H and O–H groups in total. The van der Waals surface area contributed by atoms with Crippen molar-refractivity contribution in [3.8, 4) is 17.2 Å². The maximum Gasteiger partial charge on any atom is 0.227 e. The first-order valence-corrected chi connectivity index (χ1v) is 9.56. The minimum Gasteiger partial charge on any atom is -0.493 e. The van der Waals surface area contributed by atoms with Crippen LogP contribution in [-0.4, -0.2) is 69.8 Å². The molecule has 0 saturated carbocycles. The van der Waals surface area contributed by atoms with E-state index < -0.39 is 0 Å². The molecule has 1 saturated heterocycles. The number of amides is 1. The SMILES string of the molecule is COc1cc(CC(=O)N2CCN(CCC(C)(C)C)CC2)cc(OC)c1OC. The first kappa shape index (κ1) is 21.4. The zero-order valence-electron chi connectivity index (χ0n) is 17.6. The third-order valence-electron chi connectivity index (χ3n) is 4.98. The lowest BCUT2D eigenvalue weighted by Gasteiger charge is -2.36. The van der Waals surface area contributed by atoms with Crippen molar-refractivity contribution in [1.29, 1.82) is 0 Å². The minimum absolute atomic E-state index is 0.139. The maximum absolute atomic E-state index is 12.7. The summed E-state index contributed by atoms with van der Waals surface area (Å²) in [5, 5.41) is 0. The van der Waals surface area contributed by atoms with E-state index in [1.807, 2.05) is 17.0 Å². The normalized spacial score (nSPS) is 15.6. The highest BCUT2D eigenvalue weighted by molar-refractivity contribution is 5.79. The van der Waals surface area contributed by atoms with E-state index in [1.165, 1.54) is 6.42 Å². The molecule has 0 atom stereocenters. The number of hydrogen-bond donors (Lipinski definition) is 0. The zero-order valence-corrected chi connectivity index (χ0v) is 17.6. The third kappa shape index (κ3) is 6.03. The van der Waals surface area contributed by atoms with Gasteiger partial charge in [-0.1, -0.05) is 20.8 Å². The molecule has 0 spiro atoms. The van der Waals surface area contributed by atoms with Gasteiger partial charge in [-0.05, 0) is 36.1 Å². The molecule has 1 aromatic carbocycles. The lowest BCUT2D eigenvalue weighted by Crippen LogP contribution is -2.49. The Balaban J connectivity index is 1.94. The zero-order chi connectivity index (χ0) is 20.0. The monoisotopic (exact) mass is 378 g/mol. The van der Waals surface area contributed by atoms with E-state index >= 15 is 0 Å². The number of nitrogens with zero attached hydrogens (tertiary/aromatic N) is 2. The second-order valence-electron chi connectivity index (χ2n) is 8.24. The Labute approximate surface area is 163 Å². The van der Waals surface area contributed by atoms with Crippen LogP contribution >= 0.6 is 0 Å². The second-order valence-corrected chi connectivity index (χ2v) is 8.24. The average Bonchev–Trinajstić information content (AvgIpc) is 2.65. The molecule has 0 aromatic heterocycles. The van der Waals surface area contributed by atoms with Gasteiger partial charge in [0.05, 0.1) is 27.8 Å². The van der Waals surface area contributed by atoms with E-state index in [0.29, 0.717) is 29.1 Å². The van der Waals surface area contributed by atoms with Crippen molar-refractivity contribution in [3.05, 3.63) is 17.7 Å². The highest BCUT2D eigenvalue weighted by atomic mass is 16.5. The highest BCUT2D eigenvalue weighted by Gasteiger charge is 2.23. The molecule has 1 aromatic rings. The van der Waals surface area contributed by atoms with Gasteiger partial charge < -0.3 is 19.1 Å². The molecule has 6 nitrogen and oxygen atoms in total. The van der Waals surface area contributed by atoms with Gasteiger partial charge in [-0.2, -0.15) is 0 Å². The van der Waals surface area contributed by atoms with Gasteiger partial charge >= 0.3 is 0 Å². The molecule has 2 rings (SSSR count). The van der Waals surface area contributed by atoms with Crippen LogP contribution in [0.5, 0.6) is 17.2 Å². The molecule has 0 bridgehead atoms. The summed E-state index contributed by atoms with van der Waals surface area (Å²) in [4.78, 5) is 17.1. The van der Waals surface area contributed by atoms with Crippen LogP contribution in [0.1, 0.15) is 32.8 Å². The molecule has 1 fully saturated rings. The molecule has 1 aliphatic rings. The molecular weight excluding hydrogens is 344 g/mol. The Morgan fingerprint density at radius 1 is 0.963 bits per heavy atom. The fraction of sp³-hybridized carbons (Fsp3) is 0.667. The first-order chi connectivity index (χ1) is 12.8. The van der Waals surface area contributed by atoms with Gasteiger partial charge in [0.2, 0.25) is 11.7 Å². The number of rotatable bonds is 7. The number of benzene rings is 1. The molecule has 0 aliphatic carbocycles. The number of methoxy groups -OCH3 is 3. The quantitative estimate of drug-likeness (QED) is 0.730. The molecule has 0 unspecified atom stereocenters. The van der Waals surface area contributed by atoms with Crippen molar-refractivity contribution in [1.82, 2.24) is 9.80 Å². The molecule has 27 heavy (non-hydrogen) atoms. The average molecular weight is 379 g/mol. The van der Waals surface area contributed by atoms with Gasteiger partial charge in [0, 0.05) is 26.2 Å². The molecule has 152 valence electrons. The van der Waals surface area contributed by atoms with Gasteiger partial charge in [0.15, 0.2) is 11.5 Å². The topological polar surface area (TPSA) is 51.2 Å². The predicted octanol–water partition coefficient (Wildman–Crippen LogP) is 2.84. The van der Waals surface area contributed by atoms with Gasteiger partial charge in [0.1, 0.15) is 0 Å². The van der Waals surface area contributed by atoms with Gasteiger partial charge in [-0.15, -0.1) is 0 Å². The Hall–Kier alpha value is -1.95. The second kappa shape index (κ2) is 9.31. The standard InChI is InChI=1S/C21H34N2O4/c1-21(2,3)7-8-22-9-11-23(12-10-22)19(24)15-16-13-17(25-4)20(27-6)18(14-16)26-5/h13-14H,7-12,15H2,1-6H3. The van der Waals surface area contributed by atoms with Crippen molar-refractivity contribution in [2.24, 2.45) is 5.41 Å². The van der Waals surface area contributed by atoms with Crippen molar-refractivity contribution in [2.45, 2.75) is 33.6 Å². The Morgan fingerprint density at radius 3 is 1.96 bits per heavy atom. The van der Waals surface area contributed by atoms with E-state index in [4.69, 9.17) is 14.2 Å². The number of carbonyl (C=O) groups is 1. The Morgan fingerprint density at radius 2 is 1.52 bits per heavy atom. The van der Waals surface area contributed by atoms with Crippen molar-refractivity contribution >= 4 is 5.91 Å². The lowest BCUT2D eigenvalue weighted by atomic mass is 9.92. The largest absolute Gasteiger partial charge is 0.493 e. The van der Waals surface area contributed by atoms with Crippen LogP contribution in [0.4, 0.5) is 0 Å². The van der Waals surface area contributed by atoms with E-state index in [9.17, 15) is 4.79 Å². The molecule has 1 aliphatic heterocycles. The first-order valence-electron chi connectivity index (χ1n) is 9.56. The van der Waals surface area contributed by atoms with E-state index in [0.717, 1.165) is 38.3 Å². The number of piperazine rings is 1. The predicted molar refractivity (Wildman–Crippen MR) is 107 cm³/mol. The summed E-state index contributed by atoms with van der Waals surface area (Å²) < 4.78 is 16.1. The van der Waals surface area contributed by atoms with E-state index in [1.54, 1.807) is 21.3 Å². The number of carbonyl (C=O) groups excluding carboxylic acids is 1. The van der Waals surface area contributed by atoms with E-state index in [2.05, 4.69) is 25.7 Å². The fourth-order valence-corrected chi connectivity index (χ4v) is 3.24. The summed E-state index contributed by atoms with van der Waals surface area (Å²) in [6.45, 7) is 11.4. The molecule has 1 amide bonds. The molecular formula is C21H34N2O4. The maximum atomic E-state index is 12.7. The molecule has 6 heteroatoms. The third-order valence-corrected chi connectivity index (χ3v) is 4.98. The summed E-state index contributed by atoms with van der Waals surface area (Å²) in [6.07, 6.45) is 1.51. The summed E-state index contributed by atoms with van der Waals surface area (Å²) in [6, 6.07) is 3.69. The Kier molecular flexibility index (Phi) is 7.36. The summed E-state index contributed by atoms with van der Waals surface area (Å²) in [5.41, 5.74) is 1.21. The highest BCUT2D eigenvalue weighted by Crippen LogP contribution is 2.38. The Bertz CT molecular complexity index is 607. The van der Waals surface area contributed by atoms with E-state index in [-0.39, 0.29) is 5.91 Å². The van der Waals surface area contributed by atoms with Gasteiger partial charge in [0.25, 0.3) is 0 Å². The van der Waals surface area contributed by atoms with Gasteiger partial charge in [-0.25, -0.2) is 0 Å². The van der Waals surface area contributed by atoms with Crippen LogP contribution in [0.3, 0.4) is 0 Å². The fourth-order valence-electron chi connectivity index (χ4n) is 3.24.